The molecule has 0 unspecified atom stereocenters. The van der Waals surface area contributed by atoms with Crippen molar-refractivity contribution < 1.29 is 0 Å². The molecule has 0 radical (unpaired) electrons. The molecular formula is C12H18. The third kappa shape index (κ3) is 1.69. The van der Waals surface area contributed by atoms with Gasteiger partial charge >= 0.3 is 0 Å². The smallest absolute Gasteiger partial charge is 0.00501 e. The van der Waals surface area contributed by atoms with Gasteiger partial charge in [-0.25, -0.2) is 0 Å². The molecule has 0 heteroatoms. The topological polar surface area (TPSA) is 0 Å². The maximum absolute atomic E-state index is 4.12. The first-order valence-corrected chi connectivity index (χ1v) is 4.63. The van der Waals surface area contributed by atoms with E-state index in [2.05, 4.69) is 26.7 Å². The van der Waals surface area contributed by atoms with E-state index in [9.17, 15) is 0 Å². The normalized spacial score (nSPS) is 18.4. The Labute approximate surface area is 75.7 Å². The van der Waals surface area contributed by atoms with Gasteiger partial charge in [-0.05, 0) is 31.1 Å². The van der Waals surface area contributed by atoms with E-state index in [1.807, 2.05) is 6.08 Å². The zero-order chi connectivity index (χ0) is 9.19. The minimum Gasteiger partial charge on any atom is -0.0993 e. The fourth-order valence-corrected chi connectivity index (χ4v) is 1.69. The molecule has 0 heterocycles. The monoisotopic (exact) mass is 162 g/mol. The lowest BCUT2D eigenvalue weighted by atomic mass is 9.88. The zero-order valence-electron chi connectivity index (χ0n) is 8.03. The van der Waals surface area contributed by atoms with Gasteiger partial charge in [0.25, 0.3) is 0 Å². The van der Waals surface area contributed by atoms with Crippen LogP contribution in [0.25, 0.3) is 0 Å². The molecule has 12 heavy (non-hydrogen) atoms. The predicted molar refractivity (Wildman–Crippen MR) is 55.1 cm³/mol. The van der Waals surface area contributed by atoms with Crippen LogP contribution in [0.2, 0.25) is 0 Å². The molecule has 1 saturated carbocycles. The van der Waals surface area contributed by atoms with Crippen molar-refractivity contribution in [3.05, 3.63) is 37.0 Å². The highest BCUT2D eigenvalue weighted by atomic mass is 14.5. The lowest BCUT2D eigenvalue weighted by Gasteiger charge is -2.16. The van der Waals surface area contributed by atoms with Crippen molar-refractivity contribution in [2.24, 2.45) is 5.41 Å². The minimum absolute atomic E-state index is 0.417. The fourth-order valence-electron chi connectivity index (χ4n) is 1.69. The molecule has 0 amide bonds. The standard InChI is InChI=1S/C12H18/c1-5-10(3)9-12(7-8-12)11(4)6-2/h5H,1,3-4,6-9H2,2H3. The Bertz CT molecular complexity index is 216. The molecule has 0 saturated heterocycles. The van der Waals surface area contributed by atoms with Crippen molar-refractivity contribution in [1.82, 2.24) is 0 Å². The third-order valence-electron chi connectivity index (χ3n) is 2.88. The Morgan fingerprint density at radius 1 is 1.42 bits per heavy atom. The molecule has 0 spiro atoms. The largest absolute Gasteiger partial charge is 0.0993 e. The molecular weight excluding hydrogens is 144 g/mol. The molecule has 1 fully saturated rings. The van der Waals surface area contributed by atoms with Crippen LogP contribution < -0.4 is 0 Å². The van der Waals surface area contributed by atoms with Crippen molar-refractivity contribution in [3.63, 3.8) is 0 Å². The summed E-state index contributed by atoms with van der Waals surface area (Å²) in [5.74, 6) is 0. The van der Waals surface area contributed by atoms with Crippen molar-refractivity contribution >= 4 is 0 Å². The molecule has 66 valence electrons. The van der Waals surface area contributed by atoms with Gasteiger partial charge in [0.15, 0.2) is 0 Å². The summed E-state index contributed by atoms with van der Waals surface area (Å²) >= 11 is 0. The van der Waals surface area contributed by atoms with Gasteiger partial charge in [0.05, 0.1) is 0 Å². The number of hydrogen-bond donors (Lipinski definition) is 0. The lowest BCUT2D eigenvalue weighted by molar-refractivity contribution is 0.589. The van der Waals surface area contributed by atoms with Crippen LogP contribution in [0, 0.1) is 5.41 Å². The van der Waals surface area contributed by atoms with E-state index in [0.29, 0.717) is 5.41 Å². The highest BCUT2D eigenvalue weighted by molar-refractivity contribution is 5.26. The molecule has 0 aromatic rings. The van der Waals surface area contributed by atoms with Gasteiger partial charge < -0.3 is 0 Å². The van der Waals surface area contributed by atoms with Crippen LogP contribution in [0.4, 0.5) is 0 Å². The molecule has 0 aromatic heterocycles. The molecule has 0 bridgehead atoms. The van der Waals surface area contributed by atoms with E-state index in [1.165, 1.54) is 18.4 Å². The van der Waals surface area contributed by atoms with Gasteiger partial charge in [0.1, 0.15) is 0 Å². The number of rotatable bonds is 5. The van der Waals surface area contributed by atoms with Crippen molar-refractivity contribution in [2.75, 3.05) is 0 Å². The summed E-state index contributed by atoms with van der Waals surface area (Å²) in [5.41, 5.74) is 2.97. The van der Waals surface area contributed by atoms with Crippen LogP contribution >= 0.6 is 0 Å². The quantitative estimate of drug-likeness (QED) is 0.425. The third-order valence-corrected chi connectivity index (χ3v) is 2.88. The van der Waals surface area contributed by atoms with Gasteiger partial charge in [-0.3, -0.25) is 0 Å². The van der Waals surface area contributed by atoms with Crippen molar-refractivity contribution in [1.29, 1.82) is 0 Å². The second-order valence-corrected chi connectivity index (χ2v) is 3.78. The van der Waals surface area contributed by atoms with E-state index in [1.54, 1.807) is 0 Å². The van der Waals surface area contributed by atoms with E-state index < -0.39 is 0 Å². The number of allylic oxidation sites excluding steroid dienone is 3. The van der Waals surface area contributed by atoms with Gasteiger partial charge in [-0.1, -0.05) is 43.9 Å². The summed E-state index contributed by atoms with van der Waals surface area (Å²) in [5, 5.41) is 0. The average Bonchev–Trinajstić information content (AvgIpc) is 2.84. The maximum atomic E-state index is 4.12. The maximum Gasteiger partial charge on any atom is -0.00501 e. The molecule has 1 aliphatic carbocycles. The van der Waals surface area contributed by atoms with Crippen LogP contribution in [0.1, 0.15) is 32.6 Å². The molecule has 0 aromatic carbocycles. The summed E-state index contributed by atoms with van der Waals surface area (Å²) < 4.78 is 0. The Morgan fingerprint density at radius 2 is 2.00 bits per heavy atom. The van der Waals surface area contributed by atoms with E-state index in [0.717, 1.165) is 18.4 Å². The highest BCUT2D eigenvalue weighted by Crippen LogP contribution is 2.56. The van der Waals surface area contributed by atoms with Crippen molar-refractivity contribution in [2.45, 2.75) is 32.6 Å². The molecule has 0 nitrogen and oxygen atoms in total. The van der Waals surface area contributed by atoms with Crippen molar-refractivity contribution in [3.8, 4) is 0 Å². The summed E-state index contributed by atoms with van der Waals surface area (Å²) in [6.07, 6.45) is 6.63. The molecule has 0 atom stereocenters. The van der Waals surface area contributed by atoms with Gasteiger partial charge in [-0.2, -0.15) is 0 Å². The Balaban J connectivity index is 2.55. The zero-order valence-corrected chi connectivity index (χ0v) is 8.03. The molecule has 1 rings (SSSR count). The van der Waals surface area contributed by atoms with Crippen LogP contribution in [-0.2, 0) is 0 Å². The second kappa shape index (κ2) is 3.30. The molecule has 0 N–H and O–H groups in total. The Morgan fingerprint density at radius 3 is 2.33 bits per heavy atom. The van der Waals surface area contributed by atoms with Gasteiger partial charge in [0, 0.05) is 0 Å². The highest BCUT2D eigenvalue weighted by Gasteiger charge is 2.43. The van der Waals surface area contributed by atoms with Gasteiger partial charge in [0.2, 0.25) is 0 Å². The van der Waals surface area contributed by atoms with Crippen LogP contribution in [0.5, 0.6) is 0 Å². The lowest BCUT2D eigenvalue weighted by Crippen LogP contribution is -2.03. The van der Waals surface area contributed by atoms with Crippen LogP contribution in [-0.4, -0.2) is 0 Å². The predicted octanol–water partition coefficient (Wildman–Crippen LogP) is 3.87. The van der Waals surface area contributed by atoms with E-state index >= 15 is 0 Å². The van der Waals surface area contributed by atoms with Gasteiger partial charge in [-0.15, -0.1) is 0 Å². The first kappa shape index (κ1) is 9.31. The van der Waals surface area contributed by atoms with E-state index in [-0.39, 0.29) is 0 Å². The van der Waals surface area contributed by atoms with E-state index in [4.69, 9.17) is 0 Å². The van der Waals surface area contributed by atoms with Crippen LogP contribution in [0.3, 0.4) is 0 Å². The molecule has 0 aliphatic heterocycles. The second-order valence-electron chi connectivity index (χ2n) is 3.78. The Kier molecular flexibility index (Phi) is 2.56. The average molecular weight is 162 g/mol. The Hall–Kier alpha value is -0.780. The summed E-state index contributed by atoms with van der Waals surface area (Å²) in [7, 11) is 0. The van der Waals surface area contributed by atoms with Crippen LogP contribution in [0.15, 0.2) is 37.0 Å². The summed E-state index contributed by atoms with van der Waals surface area (Å²) in [4.78, 5) is 0. The summed E-state index contributed by atoms with van der Waals surface area (Å²) in [6.45, 7) is 14.0. The first-order valence-electron chi connectivity index (χ1n) is 4.63. The fraction of sp³-hybridized carbons (Fsp3) is 0.500. The SMILES string of the molecule is C=CC(=C)CC1(C(=C)CC)CC1. The first-order chi connectivity index (χ1) is 5.64. The number of hydrogen-bond acceptors (Lipinski definition) is 0. The summed E-state index contributed by atoms with van der Waals surface area (Å²) in [6, 6.07) is 0. The molecule has 1 aliphatic rings. The minimum atomic E-state index is 0.417.